The van der Waals surface area contributed by atoms with Crippen LogP contribution in [0.25, 0.3) is 10.9 Å². The molecule has 0 saturated carbocycles. The van der Waals surface area contributed by atoms with Gasteiger partial charge in [-0.2, -0.15) is 0 Å². The minimum atomic E-state index is -1.23. The van der Waals surface area contributed by atoms with Crippen LogP contribution in [-0.2, 0) is 75.2 Å². The maximum absolute atomic E-state index is 14.0. The van der Waals surface area contributed by atoms with Gasteiger partial charge in [0, 0.05) is 69.0 Å². The second kappa shape index (κ2) is 47.2. The Morgan fingerprint density at radius 3 is 1.54 bits per heavy atom. The highest BCUT2D eigenvalue weighted by molar-refractivity contribution is 5.97. The summed E-state index contributed by atoms with van der Waals surface area (Å²) in [7, 11) is 0. The summed E-state index contributed by atoms with van der Waals surface area (Å²) < 4.78 is 0. The molecule has 0 unspecified atom stereocenters. The average molecular weight is 1430 g/mol. The summed E-state index contributed by atoms with van der Waals surface area (Å²) in [6.07, 6.45) is 7.46. The standard InChI is InChI=1S/C69H111N19O14/c1-41(2)34-53(61(72)95)87-67(101)54(35-42(3)4)85-60(94)40-81-62(96)43(5)82-63(97)44(6)83-66(100)52(21-17-33-78-69(73)74)84-59(93)39-80-58(92)24-11-15-31-76-56(90)22-10-14-30-75-57(91)23-12-16-32-77-65(99)51(20-9-13-29-70)86-68(102)55(36-45-25-27-47(89)28-26-45)88-64(98)49(71)37-46-38-79-50-19-8-7-18-48(46)50/h7-8,18-19,25-28,38,41-44,49,51-55,79,89H,9-17,20-24,29-37,39-40,70-71H2,1-6H3,(H2,72,95)(H,75,91)(H,76,90)(H,77,99)(H,80,92)(H,81,96)(H,82,97)(H,83,100)(H,84,93)(H,85,94)(H,86,102)(H,87,101)(H,88,98)(H4,73,74,78)/t43-,44-,49+,51-,52-,53-,54-,55-/m0/s1. The second-order valence-corrected chi connectivity index (χ2v) is 26.2. The van der Waals surface area contributed by atoms with Gasteiger partial charge in [-0.3, -0.25) is 67.3 Å². The lowest BCUT2D eigenvalue weighted by Gasteiger charge is -2.24. The van der Waals surface area contributed by atoms with E-state index in [1.165, 1.54) is 26.0 Å². The van der Waals surface area contributed by atoms with Crippen LogP contribution in [0, 0.1) is 11.8 Å². The maximum Gasteiger partial charge on any atom is 0.243 e. The van der Waals surface area contributed by atoms with Crippen LogP contribution in [0.3, 0.4) is 0 Å². The lowest BCUT2D eigenvalue weighted by Crippen LogP contribution is -2.56. The van der Waals surface area contributed by atoms with Gasteiger partial charge in [0.25, 0.3) is 0 Å². The minimum Gasteiger partial charge on any atom is -0.508 e. The van der Waals surface area contributed by atoms with Gasteiger partial charge in [-0.25, -0.2) is 0 Å². The van der Waals surface area contributed by atoms with Crippen LogP contribution in [0.15, 0.2) is 59.7 Å². The molecule has 3 rings (SSSR count). The number of phenols is 1. The highest BCUT2D eigenvalue weighted by atomic mass is 16.3. The molecule has 0 fully saturated rings. The fourth-order valence-corrected chi connectivity index (χ4v) is 10.5. The second-order valence-electron chi connectivity index (χ2n) is 26.2. The molecule has 102 heavy (non-hydrogen) atoms. The number of aromatic nitrogens is 1. The number of aromatic hydroxyl groups is 1. The number of amides is 13. The van der Waals surface area contributed by atoms with Gasteiger partial charge in [-0.1, -0.05) is 58.0 Å². The summed E-state index contributed by atoms with van der Waals surface area (Å²) in [6, 6.07) is 5.13. The van der Waals surface area contributed by atoms with Crippen LogP contribution in [-0.4, -0.2) is 187 Å². The zero-order chi connectivity index (χ0) is 75.7. The molecule has 33 heteroatoms. The van der Waals surface area contributed by atoms with Crippen molar-refractivity contribution in [2.75, 3.05) is 45.8 Å². The Morgan fingerprint density at radius 1 is 0.461 bits per heavy atom. The number of hydrogen-bond donors (Lipinski definition) is 19. The normalized spacial score (nSPS) is 13.4. The number of aromatic amines is 1. The van der Waals surface area contributed by atoms with Crippen LogP contribution >= 0.6 is 0 Å². The molecule has 13 amide bonds. The molecule has 566 valence electrons. The van der Waals surface area contributed by atoms with Gasteiger partial charge in [-0.15, -0.1) is 0 Å². The molecular formula is C69H111N19O14. The Hall–Kier alpha value is -9.92. The largest absolute Gasteiger partial charge is 0.508 e. The number of rotatable bonds is 50. The zero-order valence-corrected chi connectivity index (χ0v) is 59.7. The molecule has 1 heterocycles. The summed E-state index contributed by atoms with van der Waals surface area (Å²) in [5.74, 6) is -7.68. The number of carbonyl (C=O) groups is 13. The van der Waals surface area contributed by atoms with Gasteiger partial charge in [0.15, 0.2) is 5.96 Å². The van der Waals surface area contributed by atoms with E-state index in [-0.39, 0.29) is 106 Å². The van der Waals surface area contributed by atoms with E-state index in [2.05, 4.69) is 73.8 Å². The molecule has 2 aromatic carbocycles. The molecular weight excluding hydrogens is 1320 g/mol. The van der Waals surface area contributed by atoms with E-state index in [0.717, 1.165) is 16.5 Å². The third kappa shape index (κ3) is 35.4. The van der Waals surface area contributed by atoms with Crippen molar-refractivity contribution in [1.29, 1.82) is 0 Å². The summed E-state index contributed by atoms with van der Waals surface area (Å²) in [5, 5.41) is 42.5. The first kappa shape index (κ1) is 86.3. The smallest absolute Gasteiger partial charge is 0.243 e. The zero-order valence-electron chi connectivity index (χ0n) is 59.7. The summed E-state index contributed by atoms with van der Waals surface area (Å²) >= 11 is 0. The topological polar surface area (TPSA) is 545 Å². The Labute approximate surface area is 596 Å². The van der Waals surface area contributed by atoms with Crippen LogP contribution in [0.1, 0.15) is 155 Å². The molecule has 33 nitrogen and oxygen atoms in total. The van der Waals surface area contributed by atoms with E-state index in [1.54, 1.807) is 18.3 Å². The molecule has 1 aromatic heterocycles. The predicted molar refractivity (Wildman–Crippen MR) is 384 cm³/mol. The van der Waals surface area contributed by atoms with Crippen LogP contribution in [0.5, 0.6) is 5.75 Å². The summed E-state index contributed by atoms with van der Waals surface area (Å²) in [5.41, 5.74) is 30.9. The minimum absolute atomic E-state index is 0.0205. The number of nitrogens with zero attached hydrogens (tertiary/aromatic N) is 1. The lowest BCUT2D eigenvalue weighted by molar-refractivity contribution is -0.134. The SMILES string of the molecule is CC(C)C[C@H](NC(=O)[C@H](CC(C)C)NC(=O)CNC(=O)[C@H](C)NC(=O)[C@H](C)NC(=O)[C@H](CCCN=C(N)N)NC(=O)CNC(=O)CCCCNC(=O)CCCCNC(=O)CCCCNC(=O)[C@H](CCCCN)NC(=O)[C@H](Cc1ccc(O)cc1)NC(=O)[C@H](N)Cc1c[nH]c2ccccc12)C(N)=O. The number of H-pyrrole nitrogens is 1. The van der Waals surface area contributed by atoms with Crippen molar-refractivity contribution in [3.63, 3.8) is 0 Å². The number of para-hydroxylation sites is 1. The van der Waals surface area contributed by atoms with Crippen molar-refractivity contribution in [3.05, 3.63) is 65.9 Å². The molecule has 0 aliphatic carbocycles. The van der Waals surface area contributed by atoms with E-state index in [1.807, 2.05) is 52.0 Å². The highest BCUT2D eigenvalue weighted by Crippen LogP contribution is 2.20. The van der Waals surface area contributed by atoms with Crippen LogP contribution in [0.4, 0.5) is 0 Å². The van der Waals surface area contributed by atoms with Crippen molar-refractivity contribution < 1.29 is 67.4 Å². The fourth-order valence-electron chi connectivity index (χ4n) is 10.5. The summed E-state index contributed by atoms with van der Waals surface area (Å²) in [6.45, 7) is 10.4. The van der Waals surface area contributed by atoms with E-state index in [9.17, 15) is 67.4 Å². The molecule has 0 aliphatic rings. The molecule has 0 saturated heterocycles. The number of nitrogens with two attached hydrogens (primary N) is 5. The number of unbranched alkanes of at least 4 members (excludes halogenated alkanes) is 4. The summed E-state index contributed by atoms with van der Waals surface area (Å²) in [4.78, 5) is 176. The molecule has 8 atom stereocenters. The Bertz CT molecular complexity index is 3250. The quantitative estimate of drug-likeness (QED) is 0.0170. The number of fused-ring (bicyclic) bond motifs is 1. The molecule has 0 radical (unpaired) electrons. The average Bonchev–Trinajstić information content (AvgIpc) is 1.64. The third-order valence-electron chi connectivity index (χ3n) is 16.2. The molecule has 3 aromatic rings. The van der Waals surface area contributed by atoms with Crippen molar-refractivity contribution >= 4 is 93.7 Å². The first-order chi connectivity index (χ1) is 48.5. The first-order valence-corrected chi connectivity index (χ1v) is 35.1. The van der Waals surface area contributed by atoms with Crippen molar-refractivity contribution in [2.24, 2.45) is 45.5 Å². The monoisotopic (exact) mass is 1430 g/mol. The maximum atomic E-state index is 14.0. The number of benzene rings is 2. The predicted octanol–water partition coefficient (Wildman–Crippen LogP) is -1.73. The lowest BCUT2D eigenvalue weighted by atomic mass is 10.0. The first-order valence-electron chi connectivity index (χ1n) is 35.1. The highest BCUT2D eigenvalue weighted by Gasteiger charge is 2.32. The number of hydrogen-bond acceptors (Lipinski definition) is 17. The number of guanidine groups is 1. The van der Waals surface area contributed by atoms with Crippen molar-refractivity contribution in [1.82, 2.24) is 68.8 Å². The van der Waals surface area contributed by atoms with Gasteiger partial charge >= 0.3 is 0 Å². The van der Waals surface area contributed by atoms with E-state index >= 15 is 0 Å². The fraction of sp³-hybridized carbons (Fsp3) is 0.594. The van der Waals surface area contributed by atoms with Crippen molar-refractivity contribution in [2.45, 2.75) is 205 Å². The molecule has 24 N–H and O–H groups in total. The Kier molecular flexibility index (Phi) is 40.0. The molecule has 0 spiro atoms. The van der Waals surface area contributed by atoms with E-state index < -0.39 is 126 Å². The van der Waals surface area contributed by atoms with Gasteiger partial charge in [-0.05, 0) is 151 Å². The number of aliphatic imine (C=N–C) groups is 1. The van der Waals surface area contributed by atoms with Crippen LogP contribution in [0.2, 0.25) is 0 Å². The van der Waals surface area contributed by atoms with Gasteiger partial charge in [0.05, 0.1) is 19.1 Å². The van der Waals surface area contributed by atoms with Crippen LogP contribution < -0.4 is 92.5 Å². The van der Waals surface area contributed by atoms with Gasteiger partial charge in [0.2, 0.25) is 76.8 Å². The van der Waals surface area contributed by atoms with E-state index in [4.69, 9.17) is 28.7 Å². The van der Waals surface area contributed by atoms with Gasteiger partial charge in [0.1, 0.15) is 48.0 Å². The van der Waals surface area contributed by atoms with Gasteiger partial charge < -0.3 is 103 Å². The number of primary amides is 1. The van der Waals surface area contributed by atoms with Crippen molar-refractivity contribution in [3.8, 4) is 5.75 Å². The molecule has 0 aliphatic heterocycles. The Morgan fingerprint density at radius 2 is 0.951 bits per heavy atom. The number of nitrogens with one attached hydrogen (secondary N) is 13. The number of phenolic OH excluding ortho intramolecular Hbond substituents is 1. The van der Waals surface area contributed by atoms with E-state index in [0.29, 0.717) is 83.0 Å². The Balaban J connectivity index is 1.33. The third-order valence-corrected chi connectivity index (χ3v) is 16.2. The number of carbonyl (C=O) groups excluding carboxylic acids is 13. The molecule has 0 bridgehead atoms.